The quantitative estimate of drug-likeness (QED) is 0.461. The first-order valence-electron chi connectivity index (χ1n) is 8.21. The van der Waals surface area contributed by atoms with Crippen LogP contribution in [0, 0.1) is 11.7 Å². The lowest BCUT2D eigenvalue weighted by Gasteiger charge is -2.14. The summed E-state index contributed by atoms with van der Waals surface area (Å²) in [5.74, 6) is -0.482. The van der Waals surface area contributed by atoms with Gasteiger partial charge in [-0.25, -0.2) is 9.37 Å². The Morgan fingerprint density at radius 1 is 1.41 bits per heavy atom. The fourth-order valence-corrected chi connectivity index (χ4v) is 4.27. The van der Waals surface area contributed by atoms with Crippen molar-refractivity contribution in [3.05, 3.63) is 50.8 Å². The van der Waals surface area contributed by atoms with Gasteiger partial charge in [-0.15, -0.1) is 11.3 Å². The van der Waals surface area contributed by atoms with E-state index in [9.17, 15) is 14.0 Å². The van der Waals surface area contributed by atoms with Crippen molar-refractivity contribution in [1.29, 1.82) is 0 Å². The number of amides is 1. The van der Waals surface area contributed by atoms with Gasteiger partial charge in [-0.3, -0.25) is 14.2 Å². The zero-order valence-electron chi connectivity index (χ0n) is 14.7. The van der Waals surface area contributed by atoms with Gasteiger partial charge in [-0.1, -0.05) is 37.2 Å². The molecule has 0 saturated heterocycles. The Balaban J connectivity index is 1.79. The maximum Gasteiger partial charge on any atom is 0.272 e. The van der Waals surface area contributed by atoms with Gasteiger partial charge in [-0.2, -0.15) is 0 Å². The van der Waals surface area contributed by atoms with E-state index in [0.29, 0.717) is 27.6 Å². The topological polar surface area (TPSA) is 64.0 Å². The summed E-state index contributed by atoms with van der Waals surface area (Å²) in [6, 6.07) is 5.56. The number of hydrogen-bond donors (Lipinski definition) is 1. The van der Waals surface area contributed by atoms with Gasteiger partial charge in [0.15, 0.2) is 5.16 Å². The number of carbonyl (C=O) groups is 1. The van der Waals surface area contributed by atoms with Gasteiger partial charge >= 0.3 is 0 Å². The molecule has 2 aromatic heterocycles. The summed E-state index contributed by atoms with van der Waals surface area (Å²) in [4.78, 5) is 29.5. The molecule has 0 aliphatic carbocycles. The molecule has 5 nitrogen and oxygen atoms in total. The molecule has 3 rings (SSSR count). The number of aromatic nitrogens is 2. The summed E-state index contributed by atoms with van der Waals surface area (Å²) >= 11 is 8.48. The van der Waals surface area contributed by atoms with Gasteiger partial charge in [0.05, 0.1) is 22.0 Å². The van der Waals surface area contributed by atoms with Crippen LogP contribution in [0.5, 0.6) is 0 Å². The number of benzene rings is 1. The molecule has 0 aliphatic heterocycles. The third-order valence-corrected chi connectivity index (χ3v) is 5.80. The van der Waals surface area contributed by atoms with Crippen LogP contribution in [0.3, 0.4) is 0 Å². The lowest BCUT2D eigenvalue weighted by Crippen LogP contribution is -2.25. The minimum atomic E-state index is -0.474. The van der Waals surface area contributed by atoms with Gasteiger partial charge in [0.2, 0.25) is 5.91 Å². The molecule has 0 saturated carbocycles. The van der Waals surface area contributed by atoms with Crippen LogP contribution in [0.4, 0.5) is 10.1 Å². The molecule has 0 aliphatic rings. The average Bonchev–Trinajstić information content (AvgIpc) is 3.07. The van der Waals surface area contributed by atoms with Gasteiger partial charge in [0.25, 0.3) is 5.56 Å². The number of hydrogen-bond acceptors (Lipinski definition) is 5. The first-order valence-corrected chi connectivity index (χ1v) is 10.4. The lowest BCUT2D eigenvalue weighted by molar-refractivity contribution is -0.113. The Hall–Kier alpha value is -1.90. The maximum atomic E-state index is 13.1. The van der Waals surface area contributed by atoms with E-state index in [-0.39, 0.29) is 28.2 Å². The molecule has 9 heteroatoms. The molecule has 0 radical (unpaired) electrons. The number of anilines is 1. The molecule has 1 amide bonds. The second-order valence-electron chi connectivity index (χ2n) is 6.30. The van der Waals surface area contributed by atoms with Crippen LogP contribution >= 0.6 is 34.7 Å². The van der Waals surface area contributed by atoms with Crippen molar-refractivity contribution in [2.24, 2.45) is 5.92 Å². The highest BCUT2D eigenvalue weighted by molar-refractivity contribution is 7.99. The number of thioether (sulfide) groups is 1. The van der Waals surface area contributed by atoms with Crippen LogP contribution in [0.25, 0.3) is 10.2 Å². The average molecular weight is 426 g/mol. The molecule has 0 bridgehead atoms. The van der Waals surface area contributed by atoms with Gasteiger partial charge in [-0.05, 0) is 35.6 Å². The van der Waals surface area contributed by atoms with E-state index in [1.165, 1.54) is 35.2 Å². The smallest absolute Gasteiger partial charge is 0.272 e. The molecule has 1 N–H and O–H groups in total. The fraction of sp³-hybridized carbons (Fsp3) is 0.278. The minimum Gasteiger partial charge on any atom is -0.324 e. The highest BCUT2D eigenvalue weighted by Crippen LogP contribution is 2.24. The van der Waals surface area contributed by atoms with Crippen LogP contribution < -0.4 is 10.9 Å². The Morgan fingerprint density at radius 2 is 2.19 bits per heavy atom. The number of thiophene rings is 1. The van der Waals surface area contributed by atoms with Gasteiger partial charge in [0.1, 0.15) is 10.5 Å². The maximum absolute atomic E-state index is 13.1. The second kappa shape index (κ2) is 8.41. The molecule has 3 aromatic rings. The van der Waals surface area contributed by atoms with Crippen LogP contribution in [0.1, 0.15) is 13.8 Å². The lowest BCUT2D eigenvalue weighted by atomic mass is 10.2. The highest BCUT2D eigenvalue weighted by atomic mass is 35.5. The Kier molecular flexibility index (Phi) is 6.18. The second-order valence-corrected chi connectivity index (χ2v) is 8.57. The van der Waals surface area contributed by atoms with Crippen molar-refractivity contribution in [3.8, 4) is 0 Å². The summed E-state index contributed by atoms with van der Waals surface area (Å²) in [7, 11) is 0. The SMILES string of the molecule is CC(C)Cn1c(SCC(=O)Nc2ccc(F)cc2Cl)nc2ccsc2c1=O. The molecule has 0 spiro atoms. The van der Waals surface area contributed by atoms with Crippen molar-refractivity contribution in [2.45, 2.75) is 25.5 Å². The predicted molar refractivity (Wildman–Crippen MR) is 109 cm³/mol. The first-order chi connectivity index (χ1) is 12.8. The molecule has 0 unspecified atom stereocenters. The van der Waals surface area contributed by atoms with E-state index < -0.39 is 5.82 Å². The molecule has 27 heavy (non-hydrogen) atoms. The zero-order chi connectivity index (χ0) is 19.6. The highest BCUT2D eigenvalue weighted by Gasteiger charge is 2.15. The molecule has 142 valence electrons. The predicted octanol–water partition coefficient (Wildman–Crippen LogP) is 4.64. The summed E-state index contributed by atoms with van der Waals surface area (Å²) in [5.41, 5.74) is 0.882. The zero-order valence-corrected chi connectivity index (χ0v) is 17.1. The van der Waals surface area contributed by atoms with E-state index in [1.807, 2.05) is 19.2 Å². The van der Waals surface area contributed by atoms with E-state index in [0.717, 1.165) is 6.07 Å². The molecule has 0 atom stereocenters. The third kappa shape index (κ3) is 4.69. The fourth-order valence-electron chi connectivity index (χ4n) is 2.47. The molecule has 2 heterocycles. The molecule has 1 aromatic carbocycles. The van der Waals surface area contributed by atoms with E-state index in [2.05, 4.69) is 10.3 Å². The third-order valence-electron chi connectivity index (χ3n) is 3.62. The van der Waals surface area contributed by atoms with Crippen molar-refractivity contribution in [2.75, 3.05) is 11.1 Å². The summed E-state index contributed by atoms with van der Waals surface area (Å²) in [5, 5.41) is 5.10. The number of carbonyl (C=O) groups excluding carboxylic acids is 1. The summed E-state index contributed by atoms with van der Waals surface area (Å²) in [6.07, 6.45) is 0. The number of nitrogens with one attached hydrogen (secondary N) is 1. The minimum absolute atomic E-state index is 0.0495. The summed E-state index contributed by atoms with van der Waals surface area (Å²) < 4.78 is 15.3. The van der Waals surface area contributed by atoms with Crippen molar-refractivity contribution in [1.82, 2.24) is 9.55 Å². The Morgan fingerprint density at radius 3 is 2.89 bits per heavy atom. The Bertz CT molecular complexity index is 1050. The number of fused-ring (bicyclic) bond motifs is 1. The number of rotatable bonds is 6. The van der Waals surface area contributed by atoms with Crippen LogP contribution in [0.2, 0.25) is 5.02 Å². The van der Waals surface area contributed by atoms with Crippen LogP contribution in [-0.2, 0) is 11.3 Å². The van der Waals surface area contributed by atoms with Crippen LogP contribution in [0.15, 0.2) is 39.6 Å². The summed E-state index contributed by atoms with van der Waals surface area (Å²) in [6.45, 7) is 4.55. The standard InChI is InChI=1S/C18H17ClFN3O2S2/c1-10(2)8-23-17(25)16-14(5-6-26-16)22-18(23)27-9-15(24)21-13-4-3-11(20)7-12(13)19/h3-7,10H,8-9H2,1-2H3,(H,21,24). The Labute approximate surface area is 168 Å². The normalized spacial score (nSPS) is 11.3. The first kappa shape index (κ1) is 19.9. The van der Waals surface area contributed by atoms with Crippen molar-refractivity contribution < 1.29 is 9.18 Å². The molecule has 0 fully saturated rings. The van der Waals surface area contributed by atoms with Gasteiger partial charge in [0, 0.05) is 6.54 Å². The van der Waals surface area contributed by atoms with Gasteiger partial charge < -0.3 is 5.32 Å². The van der Waals surface area contributed by atoms with Crippen molar-refractivity contribution in [3.63, 3.8) is 0 Å². The molecular formula is C18H17ClFN3O2S2. The molecular weight excluding hydrogens is 409 g/mol. The monoisotopic (exact) mass is 425 g/mol. The van der Waals surface area contributed by atoms with Crippen LogP contribution in [-0.4, -0.2) is 21.2 Å². The van der Waals surface area contributed by atoms with E-state index in [4.69, 9.17) is 11.6 Å². The number of nitrogens with zero attached hydrogens (tertiary/aromatic N) is 2. The van der Waals surface area contributed by atoms with E-state index in [1.54, 1.807) is 10.6 Å². The van der Waals surface area contributed by atoms with E-state index >= 15 is 0 Å². The van der Waals surface area contributed by atoms with Crippen molar-refractivity contribution >= 4 is 56.5 Å². The number of halogens is 2. The largest absolute Gasteiger partial charge is 0.324 e.